The van der Waals surface area contributed by atoms with Gasteiger partial charge in [0.1, 0.15) is 11.6 Å². The summed E-state index contributed by atoms with van der Waals surface area (Å²) >= 11 is 1.43. The monoisotopic (exact) mass is 505 g/mol. The maximum absolute atomic E-state index is 13.6. The van der Waals surface area contributed by atoms with E-state index in [9.17, 15) is 9.18 Å². The van der Waals surface area contributed by atoms with Crippen LogP contribution in [0.15, 0.2) is 72.1 Å². The number of carbonyl (C=O) groups is 1. The van der Waals surface area contributed by atoms with Gasteiger partial charge in [0.05, 0.1) is 34.5 Å². The highest BCUT2D eigenvalue weighted by Gasteiger charge is 2.28. The van der Waals surface area contributed by atoms with Crippen LogP contribution in [-0.2, 0) is 17.7 Å². The maximum Gasteiger partial charge on any atom is 0.264 e. The summed E-state index contributed by atoms with van der Waals surface area (Å²) in [5.41, 5.74) is 2.51. The van der Waals surface area contributed by atoms with Gasteiger partial charge in [-0.3, -0.25) is 4.79 Å². The Balaban J connectivity index is 1.56. The molecular formula is C28H28FN3O3S. The molecule has 0 bridgehead atoms. The number of halogens is 1. The topological polar surface area (TPSA) is 56.6 Å². The number of ether oxygens (including phenoxy) is 2. The van der Waals surface area contributed by atoms with Crippen LogP contribution in [0.2, 0.25) is 0 Å². The first-order valence-corrected chi connectivity index (χ1v) is 13.0. The Labute approximate surface area is 213 Å². The summed E-state index contributed by atoms with van der Waals surface area (Å²) in [4.78, 5) is 16.1. The Kier molecular flexibility index (Phi) is 7.44. The van der Waals surface area contributed by atoms with E-state index in [2.05, 4.69) is 0 Å². The molecule has 186 valence electrons. The lowest BCUT2D eigenvalue weighted by Crippen LogP contribution is -2.36. The van der Waals surface area contributed by atoms with Crippen LogP contribution in [0.3, 0.4) is 0 Å². The molecule has 2 aromatic carbocycles. The van der Waals surface area contributed by atoms with Crippen molar-refractivity contribution in [1.29, 1.82) is 0 Å². The smallest absolute Gasteiger partial charge is 0.264 e. The first-order chi connectivity index (χ1) is 17.6. The molecule has 0 radical (unpaired) electrons. The largest absolute Gasteiger partial charge is 0.439 e. The molecule has 0 aliphatic carbocycles. The van der Waals surface area contributed by atoms with E-state index in [0.29, 0.717) is 36.0 Å². The summed E-state index contributed by atoms with van der Waals surface area (Å²) in [6, 6.07) is 19.4. The lowest BCUT2D eigenvalue weighted by atomic mass is 10.1. The summed E-state index contributed by atoms with van der Waals surface area (Å²) < 4.78 is 27.5. The van der Waals surface area contributed by atoms with E-state index in [4.69, 9.17) is 14.6 Å². The van der Waals surface area contributed by atoms with Crippen LogP contribution in [0.1, 0.15) is 40.7 Å². The number of hydrogen-bond donors (Lipinski definition) is 0. The Hall–Kier alpha value is -3.49. The zero-order valence-electron chi connectivity index (χ0n) is 20.1. The van der Waals surface area contributed by atoms with Gasteiger partial charge in [0.25, 0.3) is 5.91 Å². The van der Waals surface area contributed by atoms with Gasteiger partial charge in [0, 0.05) is 13.2 Å². The molecule has 6 nitrogen and oxygen atoms in total. The molecule has 0 unspecified atom stereocenters. The normalized spacial score (nSPS) is 15.2. The number of hydrogen-bond acceptors (Lipinski definition) is 5. The van der Waals surface area contributed by atoms with Crippen LogP contribution < -0.4 is 4.74 Å². The van der Waals surface area contributed by atoms with Crippen molar-refractivity contribution in [1.82, 2.24) is 14.7 Å². The minimum Gasteiger partial charge on any atom is -0.439 e. The first kappa shape index (κ1) is 24.2. The molecule has 3 heterocycles. The van der Waals surface area contributed by atoms with E-state index >= 15 is 0 Å². The summed E-state index contributed by atoms with van der Waals surface area (Å²) in [5, 5.41) is 6.78. The SMILES string of the molecule is CCc1nn(-c2ccccc2)c(Oc2ccc(F)cc2)c1CN(C[C@@H]1CCCO1)C(=O)c1cccs1. The highest BCUT2D eigenvalue weighted by Crippen LogP contribution is 2.33. The number of rotatable bonds is 9. The zero-order chi connectivity index (χ0) is 24.9. The van der Waals surface area contributed by atoms with Crippen molar-refractivity contribution < 1.29 is 18.7 Å². The van der Waals surface area contributed by atoms with Crippen molar-refractivity contribution in [3.8, 4) is 17.3 Å². The number of carbonyl (C=O) groups excluding carboxylic acids is 1. The third-order valence-corrected chi connectivity index (χ3v) is 7.06. The molecule has 36 heavy (non-hydrogen) atoms. The van der Waals surface area contributed by atoms with Gasteiger partial charge in [0.2, 0.25) is 5.88 Å². The van der Waals surface area contributed by atoms with Gasteiger partial charge in [-0.15, -0.1) is 11.3 Å². The Morgan fingerprint density at radius 1 is 1.17 bits per heavy atom. The summed E-state index contributed by atoms with van der Waals surface area (Å²) in [7, 11) is 0. The third-order valence-electron chi connectivity index (χ3n) is 6.20. The molecule has 2 aromatic heterocycles. The average molecular weight is 506 g/mol. The van der Waals surface area contributed by atoms with Crippen molar-refractivity contribution >= 4 is 17.2 Å². The molecule has 1 atom stereocenters. The molecule has 0 N–H and O–H groups in total. The molecule has 5 rings (SSSR count). The van der Waals surface area contributed by atoms with Gasteiger partial charge in [-0.1, -0.05) is 31.2 Å². The molecule has 1 saturated heterocycles. The number of aromatic nitrogens is 2. The minimum atomic E-state index is -0.335. The predicted octanol–water partition coefficient (Wildman–Crippen LogP) is 6.25. The second-order valence-corrected chi connectivity index (χ2v) is 9.63. The number of para-hydroxylation sites is 1. The van der Waals surface area contributed by atoms with E-state index in [1.807, 2.05) is 59.7 Å². The van der Waals surface area contributed by atoms with Gasteiger partial charge in [-0.25, -0.2) is 9.07 Å². The fourth-order valence-electron chi connectivity index (χ4n) is 4.38. The zero-order valence-corrected chi connectivity index (χ0v) is 20.9. The maximum atomic E-state index is 13.6. The van der Waals surface area contributed by atoms with Crippen LogP contribution >= 0.6 is 11.3 Å². The fraction of sp³-hybridized carbons (Fsp3) is 0.286. The van der Waals surface area contributed by atoms with Gasteiger partial charge < -0.3 is 14.4 Å². The molecule has 8 heteroatoms. The number of nitrogens with zero attached hydrogens (tertiary/aromatic N) is 3. The molecule has 0 spiro atoms. The fourth-order valence-corrected chi connectivity index (χ4v) is 5.08. The standard InChI is InChI=1S/C28H28FN3O3S/c1-2-25-24(19-31(18-23-10-6-16-34-23)27(33)26-11-7-17-36-26)28(35-22-14-12-20(29)13-15-22)32(30-25)21-8-4-3-5-9-21/h3-5,7-9,11-15,17,23H,2,6,10,16,18-19H2,1H3/t23-/m0/s1. The van der Waals surface area contributed by atoms with Crippen LogP contribution in [0, 0.1) is 5.82 Å². The van der Waals surface area contributed by atoms with Gasteiger partial charge in [0.15, 0.2) is 0 Å². The Morgan fingerprint density at radius 2 is 1.97 bits per heavy atom. The van der Waals surface area contributed by atoms with E-state index in [1.165, 1.54) is 23.5 Å². The lowest BCUT2D eigenvalue weighted by Gasteiger charge is -2.25. The van der Waals surface area contributed by atoms with Crippen molar-refractivity contribution in [2.75, 3.05) is 13.2 Å². The van der Waals surface area contributed by atoms with Crippen LogP contribution in [0.4, 0.5) is 4.39 Å². The highest BCUT2D eigenvalue weighted by molar-refractivity contribution is 7.12. The number of amides is 1. The van der Waals surface area contributed by atoms with E-state index in [-0.39, 0.29) is 17.8 Å². The lowest BCUT2D eigenvalue weighted by molar-refractivity contribution is 0.0509. The second-order valence-electron chi connectivity index (χ2n) is 8.69. The molecule has 1 amide bonds. The van der Waals surface area contributed by atoms with Crippen molar-refractivity contribution in [2.45, 2.75) is 38.8 Å². The average Bonchev–Trinajstić information content (AvgIpc) is 3.68. The van der Waals surface area contributed by atoms with Gasteiger partial charge >= 0.3 is 0 Å². The number of benzene rings is 2. The van der Waals surface area contributed by atoms with Crippen LogP contribution in [0.5, 0.6) is 11.6 Å². The minimum absolute atomic E-state index is 0.00428. The molecular weight excluding hydrogens is 477 g/mol. The van der Waals surface area contributed by atoms with Crippen molar-refractivity contribution in [3.63, 3.8) is 0 Å². The van der Waals surface area contributed by atoms with Crippen molar-refractivity contribution in [3.05, 3.63) is 94.1 Å². The van der Waals surface area contributed by atoms with Crippen LogP contribution in [-0.4, -0.2) is 39.8 Å². The summed E-state index contributed by atoms with van der Waals surface area (Å²) in [6.45, 7) is 3.57. The highest BCUT2D eigenvalue weighted by atomic mass is 32.1. The Bertz CT molecular complexity index is 1280. The van der Waals surface area contributed by atoms with E-state index < -0.39 is 0 Å². The molecule has 0 saturated carbocycles. The van der Waals surface area contributed by atoms with Gasteiger partial charge in [-0.2, -0.15) is 5.10 Å². The van der Waals surface area contributed by atoms with Gasteiger partial charge in [-0.05, 0) is 67.1 Å². The third kappa shape index (κ3) is 5.34. The predicted molar refractivity (Wildman–Crippen MR) is 137 cm³/mol. The molecule has 1 fully saturated rings. The number of aryl methyl sites for hydroxylation is 1. The Morgan fingerprint density at radius 3 is 2.64 bits per heavy atom. The second kappa shape index (κ2) is 11.1. The molecule has 1 aliphatic rings. The first-order valence-electron chi connectivity index (χ1n) is 12.2. The molecule has 1 aliphatic heterocycles. The quantitative estimate of drug-likeness (QED) is 0.270. The number of thiophene rings is 1. The van der Waals surface area contributed by atoms with E-state index in [0.717, 1.165) is 36.4 Å². The molecule has 4 aromatic rings. The van der Waals surface area contributed by atoms with Crippen LogP contribution in [0.25, 0.3) is 5.69 Å². The summed E-state index contributed by atoms with van der Waals surface area (Å²) in [5.74, 6) is 0.633. The van der Waals surface area contributed by atoms with E-state index in [1.54, 1.807) is 16.8 Å². The summed E-state index contributed by atoms with van der Waals surface area (Å²) in [6.07, 6.45) is 2.59. The van der Waals surface area contributed by atoms with Crippen molar-refractivity contribution in [2.24, 2.45) is 0 Å².